The zero-order valence-electron chi connectivity index (χ0n) is 30.8. The number of hydrogen-bond donors (Lipinski definition) is 0. The fourth-order valence-corrected chi connectivity index (χ4v) is 9.17. The van der Waals surface area contributed by atoms with Gasteiger partial charge in [-0.1, -0.05) is 121 Å². The second-order valence-corrected chi connectivity index (χ2v) is 14.7. The van der Waals surface area contributed by atoms with E-state index in [0.29, 0.717) is 29.1 Å². The standard InChI is InChI=1S/C50H29N7O/c1-7-22-39-30(14-1)31-15-2-8-23-40(31)55(39)49-52-47(53-50(54-49)56-41-24-9-3-16-32(41)33-17-4-10-25-42(33)56)38-21-13-20-36-34-18-5-11-26-43(34)57(45(36)38)48-46-37(28-29-51-48)35-19-6-12-27-44(35)58-46/h1-29H. The van der Waals surface area contributed by atoms with Crippen molar-refractivity contribution in [2.75, 3.05) is 0 Å². The van der Waals surface area contributed by atoms with Gasteiger partial charge in [0.2, 0.25) is 11.9 Å². The quantitative estimate of drug-likeness (QED) is 0.179. The Morgan fingerprint density at radius 3 is 1.36 bits per heavy atom. The van der Waals surface area contributed by atoms with Crippen molar-refractivity contribution < 1.29 is 4.42 Å². The molecule has 0 aliphatic rings. The van der Waals surface area contributed by atoms with Crippen LogP contribution in [0.25, 0.3) is 116 Å². The third kappa shape index (κ3) is 4.23. The number of rotatable bonds is 4. The maximum absolute atomic E-state index is 6.62. The number of benzene rings is 7. The van der Waals surface area contributed by atoms with Gasteiger partial charge >= 0.3 is 0 Å². The minimum atomic E-state index is 0.524. The number of aromatic nitrogens is 7. The largest absolute Gasteiger partial charge is 0.452 e. The Hall–Kier alpha value is -8.10. The van der Waals surface area contributed by atoms with Gasteiger partial charge in [-0.05, 0) is 48.5 Å². The van der Waals surface area contributed by atoms with Gasteiger partial charge in [0.25, 0.3) is 0 Å². The maximum Gasteiger partial charge on any atom is 0.240 e. The molecular formula is C50H29N7O. The molecule has 0 fully saturated rings. The van der Waals surface area contributed by atoms with Crippen molar-refractivity contribution in [1.29, 1.82) is 0 Å². The molecule has 8 nitrogen and oxygen atoms in total. The Morgan fingerprint density at radius 1 is 0.362 bits per heavy atom. The number of fused-ring (bicyclic) bond motifs is 12. The molecule has 13 rings (SSSR count). The van der Waals surface area contributed by atoms with Crippen LogP contribution in [-0.4, -0.2) is 33.6 Å². The van der Waals surface area contributed by atoms with Crippen LogP contribution in [-0.2, 0) is 0 Å². The molecule has 0 spiro atoms. The van der Waals surface area contributed by atoms with Crippen molar-refractivity contribution in [3.8, 4) is 29.1 Å². The maximum atomic E-state index is 6.62. The van der Waals surface area contributed by atoms with Crippen LogP contribution in [0, 0.1) is 0 Å². The Labute approximate surface area is 329 Å². The molecule has 0 N–H and O–H groups in total. The van der Waals surface area contributed by atoms with E-state index in [9.17, 15) is 0 Å². The summed E-state index contributed by atoms with van der Waals surface area (Å²) in [6, 6.07) is 58.8. The van der Waals surface area contributed by atoms with Crippen molar-refractivity contribution >= 4 is 87.4 Å². The molecule has 0 aliphatic carbocycles. The van der Waals surface area contributed by atoms with E-state index >= 15 is 0 Å². The van der Waals surface area contributed by atoms with Gasteiger partial charge in [0, 0.05) is 54.9 Å². The fraction of sp³-hybridized carbons (Fsp3) is 0. The molecule has 13 aromatic rings. The highest BCUT2D eigenvalue weighted by Crippen LogP contribution is 2.41. The lowest BCUT2D eigenvalue weighted by atomic mass is 10.1. The van der Waals surface area contributed by atoms with E-state index in [1.807, 2.05) is 30.5 Å². The minimum Gasteiger partial charge on any atom is -0.452 e. The first-order chi connectivity index (χ1) is 28.8. The van der Waals surface area contributed by atoms with Gasteiger partial charge < -0.3 is 4.42 Å². The number of nitrogens with zero attached hydrogens (tertiary/aromatic N) is 7. The second-order valence-electron chi connectivity index (χ2n) is 14.7. The highest BCUT2D eigenvalue weighted by atomic mass is 16.3. The Morgan fingerprint density at radius 2 is 0.810 bits per heavy atom. The van der Waals surface area contributed by atoms with Crippen molar-refractivity contribution in [2.24, 2.45) is 0 Å². The molecule has 0 saturated heterocycles. The van der Waals surface area contributed by atoms with E-state index in [0.717, 1.165) is 87.3 Å². The topological polar surface area (TPSA) is 79.5 Å². The van der Waals surface area contributed by atoms with E-state index in [2.05, 4.69) is 159 Å². The van der Waals surface area contributed by atoms with Gasteiger partial charge in [-0.25, -0.2) is 4.98 Å². The summed E-state index contributed by atoms with van der Waals surface area (Å²) < 4.78 is 13.2. The lowest BCUT2D eigenvalue weighted by Gasteiger charge is -2.14. The average Bonchev–Trinajstić information content (AvgIpc) is 4.03. The lowest BCUT2D eigenvalue weighted by Crippen LogP contribution is -2.10. The molecule has 58 heavy (non-hydrogen) atoms. The number of pyridine rings is 1. The van der Waals surface area contributed by atoms with Gasteiger partial charge in [0.1, 0.15) is 5.58 Å². The summed E-state index contributed by atoms with van der Waals surface area (Å²) in [6.07, 6.45) is 1.87. The van der Waals surface area contributed by atoms with Crippen LogP contribution in [0.3, 0.4) is 0 Å². The van der Waals surface area contributed by atoms with Crippen LogP contribution in [0.2, 0.25) is 0 Å². The summed E-state index contributed by atoms with van der Waals surface area (Å²) in [5.41, 5.74) is 8.37. The van der Waals surface area contributed by atoms with Crippen molar-refractivity contribution in [1.82, 2.24) is 33.6 Å². The predicted octanol–water partition coefficient (Wildman–Crippen LogP) is 12.1. The number of furan rings is 1. The van der Waals surface area contributed by atoms with Gasteiger partial charge in [-0.15, -0.1) is 0 Å². The highest BCUT2D eigenvalue weighted by molar-refractivity contribution is 6.15. The van der Waals surface area contributed by atoms with Crippen molar-refractivity contribution in [3.63, 3.8) is 0 Å². The molecule has 8 heteroatoms. The molecule has 0 saturated carbocycles. The molecule has 6 heterocycles. The van der Waals surface area contributed by atoms with Crippen LogP contribution in [0.15, 0.2) is 180 Å². The fourth-order valence-electron chi connectivity index (χ4n) is 9.17. The van der Waals surface area contributed by atoms with Crippen molar-refractivity contribution in [3.05, 3.63) is 176 Å². The Kier molecular flexibility index (Phi) is 6.29. The number of hydrogen-bond acceptors (Lipinski definition) is 5. The van der Waals surface area contributed by atoms with Gasteiger partial charge in [0.05, 0.1) is 33.1 Å². The average molecular weight is 744 g/mol. The van der Waals surface area contributed by atoms with Crippen LogP contribution < -0.4 is 0 Å². The molecule has 0 bridgehead atoms. The SMILES string of the molecule is c1ccc2c(c1)oc1c(-n3c4ccccc4c4cccc(-c5nc(-n6c7ccccc7c7ccccc76)nc(-n6c7ccccc7c7ccccc76)n5)c43)nccc12. The minimum absolute atomic E-state index is 0.524. The van der Waals surface area contributed by atoms with E-state index in [4.69, 9.17) is 24.4 Å². The lowest BCUT2D eigenvalue weighted by molar-refractivity contribution is 0.663. The summed E-state index contributed by atoms with van der Waals surface area (Å²) in [6.45, 7) is 0. The van der Waals surface area contributed by atoms with E-state index in [1.54, 1.807) is 0 Å². The molecule has 6 aromatic heterocycles. The van der Waals surface area contributed by atoms with E-state index in [-0.39, 0.29) is 0 Å². The first kappa shape index (κ1) is 31.1. The van der Waals surface area contributed by atoms with Gasteiger partial charge in [-0.3, -0.25) is 13.7 Å². The zero-order valence-corrected chi connectivity index (χ0v) is 30.8. The monoisotopic (exact) mass is 743 g/mol. The summed E-state index contributed by atoms with van der Waals surface area (Å²) in [4.78, 5) is 21.3. The summed E-state index contributed by atoms with van der Waals surface area (Å²) in [7, 11) is 0. The Bertz CT molecular complexity index is 3590. The molecule has 0 radical (unpaired) electrons. The third-order valence-corrected chi connectivity index (χ3v) is 11.6. The van der Waals surface area contributed by atoms with E-state index in [1.165, 1.54) is 0 Å². The van der Waals surface area contributed by atoms with Crippen molar-refractivity contribution in [2.45, 2.75) is 0 Å². The zero-order chi connectivity index (χ0) is 37.9. The van der Waals surface area contributed by atoms with Gasteiger partial charge in [0.15, 0.2) is 17.2 Å². The molecule has 7 aromatic carbocycles. The van der Waals surface area contributed by atoms with Gasteiger partial charge in [-0.2, -0.15) is 15.0 Å². The first-order valence-corrected chi connectivity index (χ1v) is 19.3. The second kappa shape index (κ2) is 11.7. The van der Waals surface area contributed by atoms with Crippen LogP contribution in [0.5, 0.6) is 0 Å². The summed E-state index contributed by atoms with van der Waals surface area (Å²) in [5.74, 6) is 2.29. The summed E-state index contributed by atoms with van der Waals surface area (Å²) in [5, 5.41) is 8.72. The summed E-state index contributed by atoms with van der Waals surface area (Å²) >= 11 is 0. The molecular weight excluding hydrogens is 715 g/mol. The molecule has 0 aliphatic heterocycles. The number of para-hydroxylation sites is 7. The molecule has 0 atom stereocenters. The van der Waals surface area contributed by atoms with Crippen LogP contribution in [0.1, 0.15) is 0 Å². The smallest absolute Gasteiger partial charge is 0.240 e. The molecule has 0 amide bonds. The highest BCUT2D eigenvalue weighted by Gasteiger charge is 2.25. The normalized spacial score (nSPS) is 12.1. The predicted molar refractivity (Wildman–Crippen MR) is 233 cm³/mol. The van der Waals surface area contributed by atoms with Crippen LogP contribution in [0.4, 0.5) is 0 Å². The molecule has 0 unspecified atom stereocenters. The van der Waals surface area contributed by atoms with E-state index < -0.39 is 0 Å². The third-order valence-electron chi connectivity index (χ3n) is 11.6. The first-order valence-electron chi connectivity index (χ1n) is 19.3. The molecule has 270 valence electrons. The Balaban J connectivity index is 1.18. The van der Waals surface area contributed by atoms with Crippen LogP contribution >= 0.6 is 0 Å².